The Balaban J connectivity index is 2.89. The standard InChI is InChI=1S/C8H6N4/c1-5-6(2-9)3-10-8-7(5)11-4-12-8/h3-4H,1H3,(H,10,11,12). The number of aromatic amines is 1. The number of hydrogen-bond acceptors (Lipinski definition) is 3. The van der Waals surface area contributed by atoms with Gasteiger partial charge in [-0.25, -0.2) is 9.97 Å². The van der Waals surface area contributed by atoms with Crippen LogP contribution in [0.5, 0.6) is 0 Å². The molecule has 4 nitrogen and oxygen atoms in total. The van der Waals surface area contributed by atoms with Crippen LogP contribution in [0.25, 0.3) is 11.2 Å². The second-order valence-electron chi connectivity index (χ2n) is 2.51. The summed E-state index contributed by atoms with van der Waals surface area (Å²) < 4.78 is 0. The molecule has 0 aliphatic heterocycles. The van der Waals surface area contributed by atoms with Gasteiger partial charge >= 0.3 is 0 Å². The normalized spacial score (nSPS) is 10.0. The van der Waals surface area contributed by atoms with Gasteiger partial charge in [-0.3, -0.25) is 0 Å². The second kappa shape index (κ2) is 2.31. The van der Waals surface area contributed by atoms with E-state index in [0.29, 0.717) is 11.2 Å². The van der Waals surface area contributed by atoms with E-state index in [4.69, 9.17) is 5.26 Å². The van der Waals surface area contributed by atoms with Crippen LogP contribution in [0.3, 0.4) is 0 Å². The van der Waals surface area contributed by atoms with Crippen molar-refractivity contribution in [2.45, 2.75) is 6.92 Å². The van der Waals surface area contributed by atoms with Gasteiger partial charge in [0.25, 0.3) is 0 Å². The number of imidazole rings is 1. The molecule has 0 radical (unpaired) electrons. The third-order valence-electron chi connectivity index (χ3n) is 1.83. The molecule has 0 aliphatic carbocycles. The van der Waals surface area contributed by atoms with Crippen LogP contribution in [-0.2, 0) is 0 Å². The van der Waals surface area contributed by atoms with E-state index in [0.717, 1.165) is 11.1 Å². The maximum absolute atomic E-state index is 8.69. The molecule has 2 aromatic heterocycles. The molecule has 0 spiro atoms. The van der Waals surface area contributed by atoms with Crippen molar-refractivity contribution >= 4 is 11.2 Å². The zero-order valence-electron chi connectivity index (χ0n) is 6.50. The number of pyridine rings is 1. The largest absolute Gasteiger partial charge is 0.343 e. The molecule has 0 saturated carbocycles. The van der Waals surface area contributed by atoms with Crippen LogP contribution in [-0.4, -0.2) is 15.0 Å². The van der Waals surface area contributed by atoms with Crippen molar-refractivity contribution < 1.29 is 0 Å². The van der Waals surface area contributed by atoms with Gasteiger partial charge in [0.2, 0.25) is 0 Å². The molecule has 4 heteroatoms. The fraction of sp³-hybridized carbons (Fsp3) is 0.125. The predicted molar refractivity (Wildman–Crippen MR) is 43.3 cm³/mol. The van der Waals surface area contributed by atoms with Crippen molar-refractivity contribution in [1.29, 1.82) is 5.26 Å². The van der Waals surface area contributed by atoms with Crippen molar-refractivity contribution in [2.24, 2.45) is 0 Å². The smallest absolute Gasteiger partial charge is 0.177 e. The molecule has 0 unspecified atom stereocenters. The summed E-state index contributed by atoms with van der Waals surface area (Å²) in [6.07, 6.45) is 3.12. The molecule has 0 aromatic carbocycles. The second-order valence-corrected chi connectivity index (χ2v) is 2.51. The molecule has 0 bridgehead atoms. The van der Waals surface area contributed by atoms with Crippen molar-refractivity contribution in [3.05, 3.63) is 23.7 Å². The Morgan fingerprint density at radius 1 is 1.50 bits per heavy atom. The number of nitriles is 1. The number of hydrogen-bond donors (Lipinski definition) is 1. The molecule has 0 fully saturated rings. The maximum atomic E-state index is 8.69. The predicted octanol–water partition coefficient (Wildman–Crippen LogP) is 1.14. The van der Waals surface area contributed by atoms with E-state index in [1.54, 1.807) is 12.5 Å². The van der Waals surface area contributed by atoms with Crippen molar-refractivity contribution in [3.8, 4) is 6.07 Å². The Labute approximate surface area is 68.9 Å². The summed E-state index contributed by atoms with van der Waals surface area (Å²) in [7, 11) is 0. The lowest BCUT2D eigenvalue weighted by molar-refractivity contribution is 1.28. The number of aromatic nitrogens is 3. The van der Waals surface area contributed by atoms with Crippen LogP contribution in [0.4, 0.5) is 0 Å². The molecule has 0 atom stereocenters. The van der Waals surface area contributed by atoms with Gasteiger partial charge < -0.3 is 4.98 Å². The molecule has 58 valence electrons. The number of nitrogens with one attached hydrogen (secondary N) is 1. The van der Waals surface area contributed by atoms with E-state index >= 15 is 0 Å². The van der Waals surface area contributed by atoms with Gasteiger partial charge in [0, 0.05) is 6.20 Å². The van der Waals surface area contributed by atoms with Crippen LogP contribution < -0.4 is 0 Å². The van der Waals surface area contributed by atoms with Crippen LogP contribution >= 0.6 is 0 Å². The highest BCUT2D eigenvalue weighted by Gasteiger charge is 2.04. The first-order chi connectivity index (χ1) is 5.83. The Morgan fingerprint density at radius 2 is 2.33 bits per heavy atom. The molecule has 0 saturated heterocycles. The molecule has 1 N–H and O–H groups in total. The summed E-state index contributed by atoms with van der Waals surface area (Å²) in [5.74, 6) is 0. The molecular weight excluding hydrogens is 152 g/mol. The third kappa shape index (κ3) is 0.768. The quantitative estimate of drug-likeness (QED) is 0.625. The first-order valence-electron chi connectivity index (χ1n) is 3.51. The monoisotopic (exact) mass is 158 g/mol. The summed E-state index contributed by atoms with van der Waals surface area (Å²) in [6.45, 7) is 1.88. The van der Waals surface area contributed by atoms with E-state index in [-0.39, 0.29) is 0 Å². The summed E-state index contributed by atoms with van der Waals surface area (Å²) in [6, 6.07) is 2.07. The van der Waals surface area contributed by atoms with Crippen LogP contribution in [0.1, 0.15) is 11.1 Å². The Hall–Kier alpha value is -1.89. The van der Waals surface area contributed by atoms with Gasteiger partial charge in [-0.2, -0.15) is 5.26 Å². The fourth-order valence-corrected chi connectivity index (χ4v) is 1.13. The van der Waals surface area contributed by atoms with Crippen LogP contribution in [0, 0.1) is 18.3 Å². The molecule has 2 rings (SSSR count). The average molecular weight is 158 g/mol. The Kier molecular flexibility index (Phi) is 1.31. The first-order valence-corrected chi connectivity index (χ1v) is 3.51. The Bertz CT molecular complexity index is 463. The molecular formula is C8H6N4. The van der Waals surface area contributed by atoms with Gasteiger partial charge in [-0.05, 0) is 12.5 Å². The van der Waals surface area contributed by atoms with E-state index in [9.17, 15) is 0 Å². The molecule has 12 heavy (non-hydrogen) atoms. The fourth-order valence-electron chi connectivity index (χ4n) is 1.13. The third-order valence-corrected chi connectivity index (χ3v) is 1.83. The van der Waals surface area contributed by atoms with E-state index in [1.165, 1.54) is 0 Å². The highest BCUT2D eigenvalue weighted by molar-refractivity contribution is 5.76. The Morgan fingerprint density at radius 3 is 3.08 bits per heavy atom. The highest BCUT2D eigenvalue weighted by Crippen LogP contribution is 2.14. The van der Waals surface area contributed by atoms with Gasteiger partial charge in [-0.1, -0.05) is 0 Å². The summed E-state index contributed by atoms with van der Waals surface area (Å²) in [5, 5.41) is 8.69. The SMILES string of the molecule is Cc1c(C#N)cnc2nc[nH]c12. The molecule has 0 amide bonds. The minimum absolute atomic E-state index is 0.590. The van der Waals surface area contributed by atoms with Gasteiger partial charge in [-0.15, -0.1) is 0 Å². The topological polar surface area (TPSA) is 65.4 Å². The minimum Gasteiger partial charge on any atom is -0.343 e. The number of rotatable bonds is 0. The van der Waals surface area contributed by atoms with Gasteiger partial charge in [0.1, 0.15) is 6.07 Å². The highest BCUT2D eigenvalue weighted by atomic mass is 14.9. The van der Waals surface area contributed by atoms with Crippen LogP contribution in [0.15, 0.2) is 12.5 Å². The lowest BCUT2D eigenvalue weighted by Crippen LogP contribution is -1.87. The number of aryl methyl sites for hydroxylation is 1. The molecule has 0 aliphatic rings. The number of H-pyrrole nitrogens is 1. The van der Waals surface area contributed by atoms with Crippen molar-refractivity contribution in [3.63, 3.8) is 0 Å². The zero-order chi connectivity index (χ0) is 8.55. The summed E-state index contributed by atoms with van der Waals surface area (Å²) >= 11 is 0. The van der Waals surface area contributed by atoms with Crippen molar-refractivity contribution in [2.75, 3.05) is 0 Å². The van der Waals surface area contributed by atoms with Crippen LogP contribution in [0.2, 0.25) is 0 Å². The van der Waals surface area contributed by atoms with Gasteiger partial charge in [0.15, 0.2) is 5.65 Å². The number of nitrogens with zero attached hydrogens (tertiary/aromatic N) is 3. The maximum Gasteiger partial charge on any atom is 0.177 e. The average Bonchev–Trinajstić information content (AvgIpc) is 2.53. The minimum atomic E-state index is 0.590. The lowest BCUT2D eigenvalue weighted by atomic mass is 10.1. The lowest BCUT2D eigenvalue weighted by Gasteiger charge is -1.95. The van der Waals surface area contributed by atoms with E-state index in [1.807, 2.05) is 6.92 Å². The zero-order valence-corrected chi connectivity index (χ0v) is 6.50. The summed E-state index contributed by atoms with van der Waals surface area (Å²) in [5.41, 5.74) is 2.99. The molecule has 2 aromatic rings. The first kappa shape index (κ1) is 6.80. The summed E-state index contributed by atoms with van der Waals surface area (Å²) in [4.78, 5) is 10.9. The molecule has 2 heterocycles. The van der Waals surface area contributed by atoms with E-state index in [2.05, 4.69) is 21.0 Å². The number of fused-ring (bicyclic) bond motifs is 1. The van der Waals surface area contributed by atoms with Gasteiger partial charge in [0.05, 0.1) is 17.4 Å². The van der Waals surface area contributed by atoms with E-state index < -0.39 is 0 Å². The van der Waals surface area contributed by atoms with Crippen molar-refractivity contribution in [1.82, 2.24) is 15.0 Å².